The van der Waals surface area contributed by atoms with Gasteiger partial charge >= 0.3 is 11.9 Å². The molecule has 4 heterocycles. The van der Waals surface area contributed by atoms with Crippen molar-refractivity contribution in [3.8, 4) is 45.8 Å². The number of hydrogen-bond donors (Lipinski definition) is 4. The van der Waals surface area contributed by atoms with Gasteiger partial charge in [0.1, 0.15) is 47.4 Å². The lowest BCUT2D eigenvalue weighted by molar-refractivity contribution is 0.0686. The zero-order chi connectivity index (χ0) is 37.6. The number of benzene rings is 4. The highest BCUT2D eigenvalue weighted by atomic mass is 16.5. The van der Waals surface area contributed by atoms with Gasteiger partial charge in [-0.05, 0) is 67.1 Å². The van der Waals surface area contributed by atoms with Gasteiger partial charge in [-0.3, -0.25) is 9.59 Å². The predicted octanol–water partition coefficient (Wildman–Crippen LogP) is 4.19. The Bertz CT molecular complexity index is 2500. The van der Waals surface area contributed by atoms with Gasteiger partial charge in [-0.1, -0.05) is 0 Å². The molecule has 4 bridgehead atoms. The number of carbonyl (C=O) groups is 4. The predicted molar refractivity (Wildman–Crippen MR) is 190 cm³/mol. The van der Waals surface area contributed by atoms with Crippen molar-refractivity contribution in [2.45, 2.75) is 19.5 Å². The van der Waals surface area contributed by atoms with E-state index in [1.807, 2.05) is 9.13 Å². The summed E-state index contributed by atoms with van der Waals surface area (Å²) >= 11 is 0. The van der Waals surface area contributed by atoms with Crippen LogP contribution in [0.2, 0.25) is 0 Å². The first-order valence-corrected chi connectivity index (χ1v) is 16.3. The highest BCUT2D eigenvalue weighted by Gasteiger charge is 2.26. The van der Waals surface area contributed by atoms with Gasteiger partial charge in [0.2, 0.25) is 0 Å². The largest absolute Gasteiger partial charge is 0.494 e. The van der Waals surface area contributed by atoms with Crippen molar-refractivity contribution in [2.75, 3.05) is 27.4 Å². The van der Waals surface area contributed by atoms with Gasteiger partial charge in [-0.2, -0.15) is 0 Å². The van der Waals surface area contributed by atoms with Crippen LogP contribution in [0.15, 0.2) is 60.7 Å². The van der Waals surface area contributed by atoms with E-state index in [1.54, 1.807) is 30.3 Å². The summed E-state index contributed by atoms with van der Waals surface area (Å²) in [7, 11) is 2.77. The fraction of sp³-hybridized carbons (Fsp3) is 0.189. The first kappa shape index (κ1) is 34.4. The minimum atomic E-state index is -1.22. The minimum Gasteiger partial charge on any atom is -0.494 e. The van der Waals surface area contributed by atoms with E-state index < -0.39 is 23.8 Å². The van der Waals surface area contributed by atoms with Gasteiger partial charge in [-0.15, -0.1) is 0 Å². The summed E-state index contributed by atoms with van der Waals surface area (Å²) in [6.45, 7) is 0.529. The lowest BCUT2D eigenvalue weighted by Gasteiger charge is -2.16. The molecule has 2 aliphatic rings. The molecule has 2 amide bonds. The molecule has 0 atom stereocenters. The highest BCUT2D eigenvalue weighted by molar-refractivity contribution is 6.04. The van der Waals surface area contributed by atoms with E-state index in [2.05, 4.69) is 0 Å². The van der Waals surface area contributed by atoms with E-state index in [1.165, 1.54) is 44.6 Å². The van der Waals surface area contributed by atoms with Crippen molar-refractivity contribution in [1.29, 1.82) is 0 Å². The number of nitrogens with two attached hydrogens (primary N) is 2. The third-order valence-electron chi connectivity index (χ3n) is 9.00. The third-order valence-corrected chi connectivity index (χ3v) is 9.00. The molecule has 4 aromatic carbocycles. The van der Waals surface area contributed by atoms with Crippen LogP contribution in [0.1, 0.15) is 47.9 Å². The molecule has 2 aliphatic heterocycles. The quantitative estimate of drug-likeness (QED) is 0.190. The molecule has 0 aliphatic carbocycles. The van der Waals surface area contributed by atoms with Gasteiger partial charge in [0.05, 0.1) is 47.5 Å². The molecule has 270 valence electrons. The number of fused-ring (bicyclic) bond motifs is 9. The third kappa shape index (κ3) is 5.94. The number of amides is 2. The lowest BCUT2D eigenvalue weighted by atomic mass is 10.1. The van der Waals surface area contributed by atoms with E-state index in [-0.39, 0.29) is 94.1 Å². The number of methoxy groups -OCH3 is 2. The van der Waals surface area contributed by atoms with Gasteiger partial charge in [0, 0.05) is 24.2 Å². The van der Waals surface area contributed by atoms with Crippen molar-refractivity contribution >= 4 is 45.8 Å². The molecule has 0 saturated carbocycles. The second-order valence-electron chi connectivity index (χ2n) is 12.0. The number of aryl methyl sites for hydroxylation is 2. The lowest BCUT2D eigenvalue weighted by Crippen LogP contribution is -2.13. The second-order valence-corrected chi connectivity index (χ2v) is 12.0. The Balaban J connectivity index is 1.47. The molecule has 0 spiro atoms. The Hall–Kier alpha value is -7.10. The molecule has 6 N–H and O–H groups in total. The van der Waals surface area contributed by atoms with Gasteiger partial charge in [0.15, 0.2) is 11.5 Å². The number of nitrogens with zero attached hydrogens (tertiary/aromatic N) is 4. The normalized spacial score (nSPS) is 12.9. The molecular weight excluding hydrogens is 688 g/mol. The summed E-state index contributed by atoms with van der Waals surface area (Å²) in [5.41, 5.74) is 13.5. The molecule has 53 heavy (non-hydrogen) atoms. The summed E-state index contributed by atoms with van der Waals surface area (Å²) in [6, 6.07) is 15.5. The minimum absolute atomic E-state index is 0.0195. The molecule has 16 heteroatoms. The van der Waals surface area contributed by atoms with Crippen LogP contribution in [-0.4, -0.2) is 80.5 Å². The van der Waals surface area contributed by atoms with Crippen LogP contribution in [0.5, 0.6) is 23.0 Å². The number of carboxylic acids is 2. The first-order valence-electron chi connectivity index (χ1n) is 16.3. The SMILES string of the molecule is COc1c(C(N)=O)ccc2c1nc1n2CCCn2c(nc3c(OC)c(C(N)=O)ccc32)-c2cc(ccc2C(=O)O)OCCOc2ccc-1c(C(=O)O)c2. The van der Waals surface area contributed by atoms with Crippen molar-refractivity contribution in [2.24, 2.45) is 11.5 Å². The zero-order valence-electron chi connectivity index (χ0n) is 28.4. The first-order chi connectivity index (χ1) is 25.5. The monoisotopic (exact) mass is 720 g/mol. The van der Waals surface area contributed by atoms with Crippen LogP contribution in [0.3, 0.4) is 0 Å². The van der Waals surface area contributed by atoms with Gasteiger partial charge in [-0.25, -0.2) is 19.6 Å². The fourth-order valence-corrected chi connectivity index (χ4v) is 6.67. The van der Waals surface area contributed by atoms with E-state index in [4.69, 9.17) is 40.4 Å². The summed E-state index contributed by atoms with van der Waals surface area (Å²) in [5, 5.41) is 20.6. The smallest absolute Gasteiger partial charge is 0.336 e. The van der Waals surface area contributed by atoms with Crippen molar-refractivity contribution in [3.63, 3.8) is 0 Å². The molecule has 2 aromatic heterocycles. The maximum atomic E-state index is 12.7. The Morgan fingerprint density at radius 3 is 1.60 bits per heavy atom. The average Bonchev–Trinajstić information content (AvgIpc) is 3.70. The number of primary amides is 2. The standard InChI is InChI=1S/C37H32N6O10/c1-50-30-22(32(38)44)8-10-26-28(30)40-34-20-6-4-19(17-25(20)37(48)49)53-15-14-52-18-5-7-21(36(46)47)24(16-18)35-41-29-27(43(35)13-3-12-42(26)34)11-9-23(33(39)45)31(29)51-2/h4-11,16-17H,3,12-15H2,1-2H3,(H2,38,44)(H2,39,45)(H,46,47)(H,48,49). The number of ether oxygens (including phenoxy) is 4. The molecule has 0 saturated heterocycles. The number of carbonyl (C=O) groups excluding carboxylic acids is 2. The van der Waals surface area contributed by atoms with Crippen molar-refractivity contribution < 1.29 is 48.3 Å². The molecule has 0 fully saturated rings. The van der Waals surface area contributed by atoms with E-state index in [9.17, 15) is 29.4 Å². The fourth-order valence-electron chi connectivity index (χ4n) is 6.67. The number of rotatable bonds is 6. The molecule has 8 rings (SSSR count). The van der Waals surface area contributed by atoms with Gasteiger partial charge in [0.25, 0.3) is 11.8 Å². The van der Waals surface area contributed by atoms with E-state index >= 15 is 0 Å². The Kier molecular flexibility index (Phi) is 8.79. The Morgan fingerprint density at radius 1 is 0.642 bits per heavy atom. The molecule has 0 radical (unpaired) electrons. The number of aromatic carboxylic acids is 2. The van der Waals surface area contributed by atoms with Crippen molar-refractivity contribution in [1.82, 2.24) is 19.1 Å². The zero-order valence-corrected chi connectivity index (χ0v) is 28.4. The summed E-state index contributed by atoms with van der Waals surface area (Å²) in [5.74, 6) is -2.49. The highest BCUT2D eigenvalue weighted by Crippen LogP contribution is 2.38. The average molecular weight is 721 g/mol. The van der Waals surface area contributed by atoms with Crippen LogP contribution in [0.4, 0.5) is 0 Å². The van der Waals surface area contributed by atoms with Crippen LogP contribution < -0.4 is 30.4 Å². The number of imidazole rings is 2. The van der Waals surface area contributed by atoms with Crippen LogP contribution in [0, 0.1) is 0 Å². The van der Waals surface area contributed by atoms with Crippen LogP contribution in [-0.2, 0) is 13.1 Å². The molecule has 16 nitrogen and oxygen atoms in total. The van der Waals surface area contributed by atoms with Crippen LogP contribution in [0.25, 0.3) is 44.8 Å². The Labute approximate surface area is 300 Å². The van der Waals surface area contributed by atoms with Crippen LogP contribution >= 0.6 is 0 Å². The molecule has 6 aromatic rings. The summed E-state index contributed by atoms with van der Waals surface area (Å²) < 4.78 is 26.6. The Morgan fingerprint density at radius 2 is 1.11 bits per heavy atom. The second kappa shape index (κ2) is 13.6. The number of aromatic nitrogens is 4. The number of hydrogen-bond acceptors (Lipinski definition) is 10. The number of carboxylic acid groups (broad SMARTS) is 2. The van der Waals surface area contributed by atoms with E-state index in [0.717, 1.165) is 0 Å². The topological polar surface area (TPSA) is 233 Å². The summed E-state index contributed by atoms with van der Waals surface area (Å²) in [6.07, 6.45) is 0.360. The van der Waals surface area contributed by atoms with E-state index in [0.29, 0.717) is 28.7 Å². The van der Waals surface area contributed by atoms with Gasteiger partial charge < -0.3 is 49.8 Å². The maximum absolute atomic E-state index is 12.7. The summed E-state index contributed by atoms with van der Waals surface area (Å²) in [4.78, 5) is 59.5. The molecule has 0 unspecified atom stereocenters. The van der Waals surface area contributed by atoms with Crippen molar-refractivity contribution in [3.05, 3.63) is 82.9 Å². The molecular formula is C37H32N6O10. The maximum Gasteiger partial charge on any atom is 0.336 e.